The van der Waals surface area contributed by atoms with E-state index in [1.807, 2.05) is 12.1 Å². The maximum absolute atomic E-state index is 13.0. The molecule has 164 valence electrons. The quantitative estimate of drug-likeness (QED) is 0.423. The van der Waals surface area contributed by atoms with Gasteiger partial charge in [-0.3, -0.25) is 9.79 Å². The lowest BCUT2D eigenvalue weighted by Crippen LogP contribution is -2.30. The molecule has 3 aliphatic rings. The van der Waals surface area contributed by atoms with E-state index >= 15 is 0 Å². The second kappa shape index (κ2) is 11.2. The van der Waals surface area contributed by atoms with Gasteiger partial charge in [0.05, 0.1) is 0 Å². The van der Waals surface area contributed by atoms with Crippen molar-refractivity contribution in [1.82, 2.24) is 4.90 Å². The van der Waals surface area contributed by atoms with Crippen molar-refractivity contribution in [1.29, 1.82) is 0 Å². The van der Waals surface area contributed by atoms with Crippen LogP contribution < -0.4 is 5.32 Å². The SMILES string of the molecule is CCCCCCCCc1ccc(NC(=O)C2=C(C3CC3)N3CCCN=C3S2)cc1.Cl. The number of hydrogen-bond acceptors (Lipinski definition) is 4. The second-order valence-electron chi connectivity index (χ2n) is 8.43. The second-order valence-corrected chi connectivity index (χ2v) is 9.41. The standard InChI is InChI=1S/C24H33N3OS.ClH/c1-2-3-4-5-6-7-9-18-10-14-20(15-11-18)26-23(28)22-21(19-12-13-19)27-17-8-16-25-24(27)29-22;/h10-11,14-15,19H,2-9,12-13,16-17H2,1H3,(H,26,28);1H. The van der Waals surface area contributed by atoms with Crippen LogP contribution in [-0.2, 0) is 11.2 Å². The maximum atomic E-state index is 13.0. The Balaban J connectivity index is 0.00000256. The minimum atomic E-state index is 0. The van der Waals surface area contributed by atoms with E-state index < -0.39 is 0 Å². The van der Waals surface area contributed by atoms with Crippen LogP contribution in [0.15, 0.2) is 39.9 Å². The fraction of sp³-hybridized carbons (Fsp3) is 0.583. The first kappa shape index (κ1) is 23.2. The molecule has 4 nitrogen and oxygen atoms in total. The lowest BCUT2D eigenvalue weighted by atomic mass is 10.0. The first-order valence-electron chi connectivity index (χ1n) is 11.4. The third-order valence-electron chi connectivity index (χ3n) is 5.94. The molecule has 0 aromatic heterocycles. The van der Waals surface area contributed by atoms with E-state index in [4.69, 9.17) is 0 Å². The number of nitrogens with zero attached hydrogens (tertiary/aromatic N) is 2. The predicted molar refractivity (Wildman–Crippen MR) is 130 cm³/mol. The van der Waals surface area contributed by atoms with Crippen LogP contribution in [0.4, 0.5) is 5.69 Å². The normalized spacial score (nSPS) is 18.0. The molecule has 1 saturated carbocycles. The van der Waals surface area contributed by atoms with Crippen LogP contribution >= 0.6 is 24.2 Å². The predicted octanol–water partition coefficient (Wildman–Crippen LogP) is 6.38. The van der Waals surface area contributed by atoms with Crippen molar-refractivity contribution in [2.75, 3.05) is 18.4 Å². The fourth-order valence-corrected chi connectivity index (χ4v) is 5.30. The smallest absolute Gasteiger partial charge is 0.264 e. The molecule has 0 saturated heterocycles. The molecule has 0 atom stereocenters. The number of hydrogen-bond donors (Lipinski definition) is 1. The molecule has 0 unspecified atom stereocenters. The Labute approximate surface area is 191 Å². The van der Waals surface area contributed by atoms with Gasteiger partial charge >= 0.3 is 0 Å². The van der Waals surface area contributed by atoms with Gasteiger partial charge in [-0.05, 0) is 61.6 Å². The summed E-state index contributed by atoms with van der Waals surface area (Å²) in [6.45, 7) is 4.14. The van der Waals surface area contributed by atoms with Crippen LogP contribution in [0.2, 0.25) is 0 Å². The average molecular weight is 448 g/mol. The van der Waals surface area contributed by atoms with E-state index in [9.17, 15) is 4.79 Å². The minimum Gasteiger partial charge on any atom is -0.323 e. The monoisotopic (exact) mass is 447 g/mol. The molecule has 1 amide bonds. The third kappa shape index (κ3) is 5.82. The summed E-state index contributed by atoms with van der Waals surface area (Å²) < 4.78 is 0. The maximum Gasteiger partial charge on any atom is 0.264 e. The van der Waals surface area contributed by atoms with Gasteiger partial charge in [-0.2, -0.15) is 0 Å². The van der Waals surface area contributed by atoms with Crippen LogP contribution in [0.25, 0.3) is 0 Å². The Morgan fingerprint density at radius 3 is 2.60 bits per heavy atom. The fourth-order valence-electron chi connectivity index (χ4n) is 4.14. The van der Waals surface area contributed by atoms with Crippen molar-refractivity contribution < 1.29 is 4.79 Å². The van der Waals surface area contributed by atoms with Crippen LogP contribution in [0.3, 0.4) is 0 Å². The molecule has 2 heterocycles. The molecule has 1 aromatic carbocycles. The molecular formula is C24H34ClN3OS. The molecule has 2 aliphatic heterocycles. The Bertz CT molecular complexity index is 786. The van der Waals surface area contributed by atoms with Gasteiger partial charge in [-0.1, -0.05) is 51.2 Å². The van der Waals surface area contributed by atoms with Crippen LogP contribution in [0.1, 0.15) is 70.3 Å². The number of thioether (sulfide) groups is 1. The van der Waals surface area contributed by atoms with Crippen molar-refractivity contribution in [2.24, 2.45) is 10.9 Å². The van der Waals surface area contributed by atoms with Crippen LogP contribution in [-0.4, -0.2) is 29.1 Å². The number of halogens is 1. The number of aliphatic imine (C=N–C) groups is 1. The number of amides is 1. The van der Waals surface area contributed by atoms with E-state index in [0.29, 0.717) is 5.92 Å². The van der Waals surface area contributed by atoms with Crippen molar-refractivity contribution in [3.05, 3.63) is 40.4 Å². The molecule has 1 aromatic rings. The van der Waals surface area contributed by atoms with E-state index in [1.165, 1.54) is 62.6 Å². The van der Waals surface area contributed by atoms with Gasteiger partial charge in [-0.25, -0.2) is 0 Å². The first-order valence-corrected chi connectivity index (χ1v) is 12.2. The van der Waals surface area contributed by atoms with Crippen molar-refractivity contribution in [2.45, 2.75) is 71.1 Å². The Morgan fingerprint density at radius 1 is 1.13 bits per heavy atom. The van der Waals surface area contributed by atoms with Gasteiger partial charge in [0.2, 0.25) is 0 Å². The molecule has 0 spiro atoms. The molecule has 30 heavy (non-hydrogen) atoms. The molecule has 1 fully saturated rings. The van der Waals surface area contributed by atoms with E-state index in [1.54, 1.807) is 11.8 Å². The van der Waals surface area contributed by atoms with E-state index in [2.05, 4.69) is 34.3 Å². The Kier molecular flexibility index (Phi) is 8.70. The molecule has 1 aliphatic carbocycles. The highest BCUT2D eigenvalue weighted by Crippen LogP contribution is 2.48. The lowest BCUT2D eigenvalue weighted by Gasteiger charge is -2.25. The van der Waals surface area contributed by atoms with E-state index in [-0.39, 0.29) is 18.3 Å². The Hall–Kier alpha value is -1.46. The number of fused-ring (bicyclic) bond motifs is 1. The zero-order valence-corrected chi connectivity index (χ0v) is 19.6. The summed E-state index contributed by atoms with van der Waals surface area (Å²) in [6, 6.07) is 8.41. The lowest BCUT2D eigenvalue weighted by molar-refractivity contribution is -0.112. The topological polar surface area (TPSA) is 44.7 Å². The number of rotatable bonds is 10. The largest absolute Gasteiger partial charge is 0.323 e. The van der Waals surface area contributed by atoms with Gasteiger partial charge in [0, 0.05) is 30.4 Å². The number of allylic oxidation sites excluding steroid dienone is 1. The number of anilines is 1. The number of aryl methyl sites for hydroxylation is 1. The number of carbonyl (C=O) groups is 1. The summed E-state index contributed by atoms with van der Waals surface area (Å²) in [4.78, 5) is 20.8. The summed E-state index contributed by atoms with van der Waals surface area (Å²) in [5, 5.41) is 4.15. The number of unbranched alkanes of at least 4 members (excludes halogenated alkanes) is 5. The van der Waals surface area contributed by atoms with E-state index in [0.717, 1.165) is 41.7 Å². The molecule has 0 radical (unpaired) electrons. The molecule has 4 rings (SSSR count). The average Bonchev–Trinajstić information content (AvgIpc) is 3.51. The highest BCUT2D eigenvalue weighted by atomic mass is 35.5. The number of benzene rings is 1. The summed E-state index contributed by atoms with van der Waals surface area (Å²) in [5.41, 5.74) is 3.47. The third-order valence-corrected chi connectivity index (χ3v) is 7.07. The first-order chi connectivity index (χ1) is 14.3. The number of carbonyl (C=O) groups excluding carboxylic acids is 1. The summed E-state index contributed by atoms with van der Waals surface area (Å²) in [6.07, 6.45) is 12.5. The van der Waals surface area contributed by atoms with Gasteiger partial charge in [0.15, 0.2) is 5.17 Å². The molecular weight excluding hydrogens is 414 g/mol. The minimum absolute atomic E-state index is 0. The summed E-state index contributed by atoms with van der Waals surface area (Å²) >= 11 is 1.56. The van der Waals surface area contributed by atoms with Crippen LogP contribution in [0, 0.1) is 5.92 Å². The summed E-state index contributed by atoms with van der Waals surface area (Å²) in [5.74, 6) is 0.575. The number of nitrogens with one attached hydrogen (secondary N) is 1. The summed E-state index contributed by atoms with van der Waals surface area (Å²) in [7, 11) is 0. The zero-order chi connectivity index (χ0) is 20.1. The van der Waals surface area contributed by atoms with Crippen molar-refractivity contribution in [3.63, 3.8) is 0 Å². The molecule has 1 N–H and O–H groups in total. The van der Waals surface area contributed by atoms with Gasteiger partial charge < -0.3 is 10.2 Å². The highest BCUT2D eigenvalue weighted by molar-refractivity contribution is 8.18. The van der Waals surface area contributed by atoms with Gasteiger partial charge in [0.25, 0.3) is 5.91 Å². The van der Waals surface area contributed by atoms with Gasteiger partial charge in [-0.15, -0.1) is 12.4 Å². The Morgan fingerprint density at radius 2 is 1.87 bits per heavy atom. The van der Waals surface area contributed by atoms with Crippen LogP contribution in [0.5, 0.6) is 0 Å². The van der Waals surface area contributed by atoms with Crippen molar-refractivity contribution >= 4 is 40.9 Å². The zero-order valence-electron chi connectivity index (χ0n) is 18.0. The van der Waals surface area contributed by atoms with Crippen molar-refractivity contribution in [3.8, 4) is 0 Å². The molecule has 6 heteroatoms. The molecule has 0 bridgehead atoms. The number of amidine groups is 1. The highest BCUT2D eigenvalue weighted by Gasteiger charge is 2.42. The van der Waals surface area contributed by atoms with Gasteiger partial charge in [0.1, 0.15) is 4.91 Å².